The normalized spacial score (nSPS) is 17.2. The van der Waals surface area contributed by atoms with Crippen molar-refractivity contribution in [1.29, 1.82) is 5.41 Å². The van der Waals surface area contributed by atoms with Crippen LogP contribution in [0, 0.1) is 5.41 Å². The molecule has 15 heavy (non-hydrogen) atoms. The maximum atomic E-state index is 7.64. The van der Waals surface area contributed by atoms with Gasteiger partial charge in [-0.2, -0.15) is 0 Å². The van der Waals surface area contributed by atoms with E-state index in [4.69, 9.17) is 16.9 Å². The maximum absolute atomic E-state index is 7.64. The van der Waals surface area contributed by atoms with Crippen LogP contribution in [0.1, 0.15) is 22.3 Å². The Balaban J connectivity index is 2.28. The third-order valence-corrected chi connectivity index (χ3v) is 2.70. The lowest BCUT2D eigenvalue weighted by Gasteiger charge is -2.04. The summed E-state index contributed by atoms with van der Waals surface area (Å²) in [5, 5.41) is 7.64. The Hall–Kier alpha value is -2.17. The predicted octanol–water partition coefficient (Wildman–Crippen LogP) is -0.0502. The van der Waals surface area contributed by atoms with Gasteiger partial charge in [-0.25, -0.2) is 4.99 Å². The van der Waals surface area contributed by atoms with Gasteiger partial charge >= 0.3 is 0 Å². The number of nitrogens with zero attached hydrogens (tertiary/aromatic N) is 2. The Morgan fingerprint density at radius 2 is 1.87 bits per heavy atom. The van der Waals surface area contributed by atoms with Crippen LogP contribution in [0.15, 0.2) is 22.1 Å². The van der Waals surface area contributed by atoms with Crippen LogP contribution < -0.4 is 11.5 Å². The summed E-state index contributed by atoms with van der Waals surface area (Å²) in [6.07, 6.45) is 0. The number of nitrogens with one attached hydrogen (secondary N) is 1. The third-order valence-electron chi connectivity index (χ3n) is 2.70. The van der Waals surface area contributed by atoms with E-state index < -0.39 is 0 Å². The summed E-state index contributed by atoms with van der Waals surface area (Å²) in [5.41, 5.74) is 15.0. The van der Waals surface area contributed by atoms with E-state index in [0.29, 0.717) is 18.2 Å². The molecule has 2 heterocycles. The van der Waals surface area contributed by atoms with E-state index in [2.05, 4.69) is 9.98 Å². The zero-order chi connectivity index (χ0) is 10.6. The fourth-order valence-electron chi connectivity index (χ4n) is 1.92. The smallest absolute Gasteiger partial charge is 0.154 e. The summed E-state index contributed by atoms with van der Waals surface area (Å²) in [5.74, 6) is 1.15. The van der Waals surface area contributed by atoms with Crippen LogP contribution in [0.3, 0.4) is 0 Å². The van der Waals surface area contributed by atoms with Gasteiger partial charge in [0.25, 0.3) is 0 Å². The van der Waals surface area contributed by atoms with Crippen LogP contribution in [0.25, 0.3) is 0 Å². The van der Waals surface area contributed by atoms with E-state index in [1.165, 1.54) is 0 Å². The minimum atomic E-state index is 0.218. The number of hydrogen-bond donors (Lipinski definition) is 3. The van der Waals surface area contributed by atoms with E-state index in [-0.39, 0.29) is 5.84 Å². The lowest BCUT2D eigenvalue weighted by molar-refractivity contribution is 1.10. The number of amidine groups is 3. The average molecular weight is 199 g/mol. The van der Waals surface area contributed by atoms with Gasteiger partial charge in [0.2, 0.25) is 0 Å². The summed E-state index contributed by atoms with van der Waals surface area (Å²) < 4.78 is 0. The van der Waals surface area contributed by atoms with Gasteiger partial charge in [-0.05, 0) is 17.7 Å². The Labute approximate surface area is 86.0 Å². The second-order valence-electron chi connectivity index (χ2n) is 3.60. The molecule has 2 aliphatic heterocycles. The molecule has 0 amide bonds. The largest absolute Gasteiger partial charge is 0.383 e. The Bertz CT molecular complexity index is 553. The van der Waals surface area contributed by atoms with Crippen molar-refractivity contribution in [3.05, 3.63) is 34.4 Å². The molecule has 1 aromatic carbocycles. The molecule has 1 aromatic rings. The molecule has 0 aliphatic carbocycles. The van der Waals surface area contributed by atoms with Crippen LogP contribution in [0.4, 0.5) is 0 Å². The van der Waals surface area contributed by atoms with Crippen molar-refractivity contribution < 1.29 is 0 Å². The monoisotopic (exact) mass is 199 g/mol. The van der Waals surface area contributed by atoms with Crippen molar-refractivity contribution >= 4 is 17.5 Å². The first-order chi connectivity index (χ1) is 7.16. The second-order valence-corrected chi connectivity index (χ2v) is 3.60. The van der Waals surface area contributed by atoms with E-state index in [0.717, 1.165) is 22.3 Å². The molecular formula is C10H9N5. The molecule has 0 atom stereocenters. The molecule has 3 rings (SSSR count). The van der Waals surface area contributed by atoms with Gasteiger partial charge in [0.1, 0.15) is 11.7 Å². The highest BCUT2D eigenvalue weighted by Crippen LogP contribution is 2.25. The van der Waals surface area contributed by atoms with Crippen molar-refractivity contribution in [2.75, 3.05) is 0 Å². The van der Waals surface area contributed by atoms with Gasteiger partial charge in [-0.15, -0.1) is 0 Å². The highest BCUT2D eigenvalue weighted by atomic mass is 14.9. The number of fused-ring (bicyclic) bond motifs is 2. The highest BCUT2D eigenvalue weighted by molar-refractivity contribution is 6.22. The van der Waals surface area contributed by atoms with Crippen LogP contribution in [0.5, 0.6) is 0 Å². The minimum Gasteiger partial charge on any atom is -0.383 e. The van der Waals surface area contributed by atoms with Crippen molar-refractivity contribution in [3.8, 4) is 0 Å². The molecule has 0 unspecified atom stereocenters. The average Bonchev–Trinajstić information content (AvgIpc) is 2.70. The predicted molar refractivity (Wildman–Crippen MR) is 58.4 cm³/mol. The first-order valence-corrected chi connectivity index (χ1v) is 4.57. The zero-order valence-corrected chi connectivity index (χ0v) is 7.91. The Kier molecular flexibility index (Phi) is 1.33. The molecule has 74 valence electrons. The van der Waals surface area contributed by atoms with Gasteiger partial charge in [-0.1, -0.05) is 0 Å². The van der Waals surface area contributed by atoms with Crippen molar-refractivity contribution in [2.45, 2.75) is 6.54 Å². The molecular weight excluding hydrogens is 190 g/mol. The van der Waals surface area contributed by atoms with E-state index in [9.17, 15) is 0 Å². The van der Waals surface area contributed by atoms with Crippen molar-refractivity contribution in [3.63, 3.8) is 0 Å². The quantitative estimate of drug-likeness (QED) is 0.545. The van der Waals surface area contributed by atoms with Gasteiger partial charge in [0.15, 0.2) is 5.84 Å². The fourth-order valence-corrected chi connectivity index (χ4v) is 1.92. The minimum absolute atomic E-state index is 0.218. The number of nitrogens with two attached hydrogens (primary N) is 2. The third kappa shape index (κ3) is 0.942. The van der Waals surface area contributed by atoms with Gasteiger partial charge in [-0.3, -0.25) is 10.4 Å². The van der Waals surface area contributed by atoms with Crippen LogP contribution in [0.2, 0.25) is 0 Å². The first kappa shape index (κ1) is 8.16. The van der Waals surface area contributed by atoms with E-state index >= 15 is 0 Å². The van der Waals surface area contributed by atoms with Gasteiger partial charge in [0, 0.05) is 16.7 Å². The van der Waals surface area contributed by atoms with E-state index in [1.54, 1.807) is 0 Å². The van der Waals surface area contributed by atoms with Crippen molar-refractivity contribution in [1.82, 2.24) is 0 Å². The molecule has 0 bridgehead atoms. The zero-order valence-electron chi connectivity index (χ0n) is 7.91. The Morgan fingerprint density at radius 1 is 1.07 bits per heavy atom. The molecule has 0 spiro atoms. The lowest BCUT2D eigenvalue weighted by Crippen LogP contribution is -2.15. The number of aliphatic imine (C=N–C) groups is 2. The summed E-state index contributed by atoms with van der Waals surface area (Å²) >= 11 is 0. The molecule has 0 radical (unpaired) electrons. The summed E-state index contributed by atoms with van der Waals surface area (Å²) in [6.45, 7) is 0.585. The van der Waals surface area contributed by atoms with E-state index in [1.807, 2.05) is 12.1 Å². The Morgan fingerprint density at radius 3 is 2.67 bits per heavy atom. The SMILES string of the molecule is N=C1N=C(N)c2cc3c(cc21)CN=C3N. The fraction of sp³-hybridized carbons (Fsp3) is 0.100. The first-order valence-electron chi connectivity index (χ1n) is 4.57. The summed E-state index contributed by atoms with van der Waals surface area (Å²) in [4.78, 5) is 8.06. The number of hydrogen-bond acceptors (Lipinski definition) is 4. The highest BCUT2D eigenvalue weighted by Gasteiger charge is 2.23. The topological polar surface area (TPSA) is 101 Å². The van der Waals surface area contributed by atoms with Crippen LogP contribution >= 0.6 is 0 Å². The number of rotatable bonds is 0. The van der Waals surface area contributed by atoms with Crippen molar-refractivity contribution in [2.24, 2.45) is 21.5 Å². The van der Waals surface area contributed by atoms with Gasteiger partial charge in [0.05, 0.1) is 6.54 Å². The molecule has 0 saturated heterocycles. The maximum Gasteiger partial charge on any atom is 0.154 e. The standard InChI is InChI=1S/C10H9N5/c11-8-5-2-7-6(1-4(5)3-14-8)9(12)15-10(7)13/h1-2H,3H2,(H2,11,14)(H3,12,13,15). The molecule has 0 fully saturated rings. The summed E-state index contributed by atoms with van der Waals surface area (Å²) in [7, 11) is 0. The molecule has 5 nitrogen and oxygen atoms in total. The second kappa shape index (κ2) is 2.44. The lowest BCUT2D eigenvalue weighted by atomic mass is 9.99. The molecule has 5 N–H and O–H groups in total. The molecule has 5 heteroatoms. The number of benzene rings is 1. The van der Waals surface area contributed by atoms with Crippen LogP contribution in [-0.4, -0.2) is 17.5 Å². The van der Waals surface area contributed by atoms with Gasteiger partial charge < -0.3 is 11.5 Å². The molecule has 0 aromatic heterocycles. The summed E-state index contributed by atoms with van der Waals surface area (Å²) in [6, 6.07) is 3.77. The molecule has 0 saturated carbocycles. The van der Waals surface area contributed by atoms with Crippen LogP contribution in [-0.2, 0) is 6.54 Å². The molecule has 2 aliphatic rings.